The molecule has 106 valence electrons. The van der Waals surface area contributed by atoms with Crippen molar-refractivity contribution in [2.24, 2.45) is 5.92 Å². The van der Waals surface area contributed by atoms with Crippen molar-refractivity contribution in [2.45, 2.75) is 38.8 Å². The number of benzene rings is 1. The summed E-state index contributed by atoms with van der Waals surface area (Å²) in [7, 11) is -2.91. The lowest BCUT2D eigenvalue weighted by molar-refractivity contribution is 0.435. The van der Waals surface area contributed by atoms with E-state index in [1.54, 1.807) is 6.92 Å². The van der Waals surface area contributed by atoms with Gasteiger partial charge in [-0.2, -0.15) is 0 Å². The molecule has 4 heteroatoms. The van der Waals surface area contributed by atoms with Crippen LogP contribution in [0.1, 0.15) is 38.3 Å². The van der Waals surface area contributed by atoms with Gasteiger partial charge in [-0.3, -0.25) is 0 Å². The first-order chi connectivity index (χ1) is 9.02. The molecule has 0 saturated heterocycles. The largest absolute Gasteiger partial charge is 0.306 e. The Morgan fingerprint density at radius 2 is 1.89 bits per heavy atom. The van der Waals surface area contributed by atoms with Gasteiger partial charge in [0.05, 0.1) is 5.75 Å². The lowest BCUT2D eigenvalue weighted by atomic mass is 10.0. The highest BCUT2D eigenvalue weighted by atomic mass is 32.2. The van der Waals surface area contributed by atoms with Gasteiger partial charge in [0.1, 0.15) is 0 Å². The topological polar surface area (TPSA) is 46.2 Å². The molecule has 0 bridgehead atoms. The van der Waals surface area contributed by atoms with Crippen LogP contribution in [0.3, 0.4) is 0 Å². The molecule has 19 heavy (non-hydrogen) atoms. The molecular formula is C15H23NO2S. The van der Waals surface area contributed by atoms with E-state index in [1.165, 1.54) is 18.4 Å². The fourth-order valence-electron chi connectivity index (χ4n) is 2.45. The minimum Gasteiger partial charge on any atom is -0.306 e. The molecule has 2 atom stereocenters. The minimum absolute atomic E-state index is 0.00393. The van der Waals surface area contributed by atoms with E-state index < -0.39 is 9.84 Å². The molecular weight excluding hydrogens is 258 g/mol. The second kappa shape index (κ2) is 6.06. The standard InChI is InChI=1S/C15H23NO2S/c1-3-19(17,18)11-12(2)16-15(14-9-10-14)13-7-5-4-6-8-13/h4-8,12,14-16H,3,9-11H2,1-2H3. The van der Waals surface area contributed by atoms with Crippen molar-refractivity contribution in [2.75, 3.05) is 11.5 Å². The van der Waals surface area contributed by atoms with Gasteiger partial charge in [0.25, 0.3) is 0 Å². The van der Waals surface area contributed by atoms with Gasteiger partial charge in [-0.05, 0) is 31.2 Å². The Kier molecular flexibility index (Phi) is 4.63. The first kappa shape index (κ1) is 14.5. The van der Waals surface area contributed by atoms with Crippen LogP contribution in [0.5, 0.6) is 0 Å². The molecule has 1 aromatic rings. The Balaban J connectivity index is 2.02. The first-order valence-electron chi connectivity index (χ1n) is 7.03. The van der Waals surface area contributed by atoms with Crippen LogP contribution in [-0.2, 0) is 9.84 Å². The highest BCUT2D eigenvalue weighted by Crippen LogP contribution is 2.41. The van der Waals surface area contributed by atoms with Gasteiger partial charge in [-0.1, -0.05) is 37.3 Å². The van der Waals surface area contributed by atoms with Gasteiger partial charge in [0, 0.05) is 17.8 Å². The molecule has 1 aliphatic rings. The molecule has 1 fully saturated rings. The fourth-order valence-corrected chi connectivity index (χ4v) is 3.54. The predicted octanol–water partition coefficient (Wildman–Crippen LogP) is 2.55. The maximum atomic E-state index is 11.7. The van der Waals surface area contributed by atoms with Crippen molar-refractivity contribution in [3.05, 3.63) is 35.9 Å². The van der Waals surface area contributed by atoms with Crippen molar-refractivity contribution < 1.29 is 8.42 Å². The van der Waals surface area contributed by atoms with Gasteiger partial charge in [0.15, 0.2) is 9.84 Å². The first-order valence-corrected chi connectivity index (χ1v) is 8.85. The van der Waals surface area contributed by atoms with Crippen molar-refractivity contribution in [3.8, 4) is 0 Å². The molecule has 3 nitrogen and oxygen atoms in total. The van der Waals surface area contributed by atoms with Gasteiger partial charge in [0.2, 0.25) is 0 Å². The van der Waals surface area contributed by atoms with Crippen molar-refractivity contribution >= 4 is 9.84 Å². The number of hydrogen-bond donors (Lipinski definition) is 1. The summed E-state index contributed by atoms with van der Waals surface area (Å²) in [6.07, 6.45) is 2.47. The van der Waals surface area contributed by atoms with Crippen molar-refractivity contribution in [1.82, 2.24) is 5.32 Å². The Hall–Kier alpha value is -0.870. The van der Waals surface area contributed by atoms with Crippen LogP contribution in [0.2, 0.25) is 0 Å². The Morgan fingerprint density at radius 3 is 2.42 bits per heavy atom. The molecule has 1 aliphatic carbocycles. The van der Waals surface area contributed by atoms with Crippen molar-refractivity contribution in [3.63, 3.8) is 0 Å². The maximum Gasteiger partial charge on any atom is 0.151 e. The highest BCUT2D eigenvalue weighted by molar-refractivity contribution is 7.91. The van der Waals surface area contributed by atoms with E-state index in [4.69, 9.17) is 0 Å². The lowest BCUT2D eigenvalue weighted by Gasteiger charge is -2.23. The average molecular weight is 281 g/mol. The minimum atomic E-state index is -2.91. The molecule has 2 rings (SSSR count). The SMILES string of the molecule is CCS(=O)(=O)CC(C)NC(c1ccccc1)C1CC1. The van der Waals surface area contributed by atoms with E-state index in [1.807, 2.05) is 25.1 Å². The summed E-state index contributed by atoms with van der Waals surface area (Å²) in [5, 5.41) is 3.51. The number of sulfone groups is 1. The summed E-state index contributed by atoms with van der Waals surface area (Å²) < 4.78 is 23.3. The Morgan fingerprint density at radius 1 is 1.26 bits per heavy atom. The molecule has 1 N–H and O–H groups in total. The van der Waals surface area contributed by atoms with Gasteiger partial charge in [-0.25, -0.2) is 8.42 Å². The number of rotatable bonds is 7. The summed E-state index contributed by atoms with van der Waals surface area (Å²) >= 11 is 0. The highest BCUT2D eigenvalue weighted by Gasteiger charge is 2.33. The van der Waals surface area contributed by atoms with E-state index >= 15 is 0 Å². The third kappa shape index (κ3) is 4.32. The molecule has 1 aromatic carbocycles. The van der Waals surface area contributed by atoms with Gasteiger partial charge >= 0.3 is 0 Å². The van der Waals surface area contributed by atoms with Crippen LogP contribution in [0.15, 0.2) is 30.3 Å². The van der Waals surface area contributed by atoms with E-state index in [0.29, 0.717) is 12.0 Å². The maximum absolute atomic E-state index is 11.7. The van der Waals surface area contributed by atoms with Crippen LogP contribution in [-0.4, -0.2) is 26.0 Å². The van der Waals surface area contributed by atoms with Crippen molar-refractivity contribution in [1.29, 1.82) is 0 Å². The Labute approximate surface area is 116 Å². The molecule has 0 amide bonds. The number of nitrogens with one attached hydrogen (secondary N) is 1. The van der Waals surface area contributed by atoms with E-state index in [0.717, 1.165) is 0 Å². The van der Waals surface area contributed by atoms with Gasteiger partial charge in [-0.15, -0.1) is 0 Å². The van der Waals surface area contributed by atoms with E-state index in [-0.39, 0.29) is 17.5 Å². The average Bonchev–Trinajstić information content (AvgIpc) is 3.21. The number of hydrogen-bond acceptors (Lipinski definition) is 3. The zero-order valence-electron chi connectivity index (χ0n) is 11.7. The zero-order valence-corrected chi connectivity index (χ0v) is 12.5. The van der Waals surface area contributed by atoms with Crippen LogP contribution in [0.4, 0.5) is 0 Å². The second-order valence-electron chi connectivity index (χ2n) is 5.49. The summed E-state index contributed by atoms with van der Waals surface area (Å²) in [6.45, 7) is 3.67. The molecule has 0 aromatic heterocycles. The second-order valence-corrected chi connectivity index (χ2v) is 7.89. The summed E-state index contributed by atoms with van der Waals surface area (Å²) in [5.41, 5.74) is 1.27. The lowest BCUT2D eigenvalue weighted by Crippen LogP contribution is -2.37. The van der Waals surface area contributed by atoms with Crippen LogP contribution in [0, 0.1) is 5.92 Å². The smallest absolute Gasteiger partial charge is 0.151 e. The molecule has 0 aliphatic heterocycles. The normalized spacial score (nSPS) is 19.1. The summed E-state index contributed by atoms with van der Waals surface area (Å²) in [6, 6.07) is 10.6. The zero-order chi connectivity index (χ0) is 13.9. The fraction of sp³-hybridized carbons (Fsp3) is 0.600. The predicted molar refractivity (Wildman–Crippen MR) is 78.8 cm³/mol. The molecule has 2 unspecified atom stereocenters. The van der Waals surface area contributed by atoms with Gasteiger partial charge < -0.3 is 5.32 Å². The van der Waals surface area contributed by atoms with Crippen LogP contribution < -0.4 is 5.32 Å². The van der Waals surface area contributed by atoms with E-state index in [9.17, 15) is 8.42 Å². The molecule has 0 spiro atoms. The summed E-state index contributed by atoms with van der Waals surface area (Å²) in [4.78, 5) is 0. The third-order valence-corrected chi connectivity index (χ3v) is 5.55. The van der Waals surface area contributed by atoms with E-state index in [2.05, 4.69) is 17.4 Å². The third-order valence-electron chi connectivity index (χ3n) is 3.66. The Bertz CT molecular complexity index is 494. The van der Waals surface area contributed by atoms with Crippen LogP contribution >= 0.6 is 0 Å². The van der Waals surface area contributed by atoms with Crippen LogP contribution in [0.25, 0.3) is 0 Å². The molecule has 0 radical (unpaired) electrons. The summed E-state index contributed by atoms with van der Waals surface area (Å²) in [5.74, 6) is 1.10. The quantitative estimate of drug-likeness (QED) is 0.835. The molecule has 0 heterocycles. The molecule has 1 saturated carbocycles. The monoisotopic (exact) mass is 281 g/mol.